The summed E-state index contributed by atoms with van der Waals surface area (Å²) < 4.78 is 11.9. The molecular formula is C51H65N7O8. The molecule has 0 radical (unpaired) electrons. The van der Waals surface area contributed by atoms with E-state index in [1.807, 2.05) is 63.2 Å². The number of H-pyrrole nitrogens is 1. The number of pyridine rings is 1. The Morgan fingerprint density at radius 3 is 2.32 bits per heavy atom. The van der Waals surface area contributed by atoms with E-state index >= 15 is 0 Å². The van der Waals surface area contributed by atoms with Crippen LogP contribution < -0.4 is 30.7 Å². The molecular weight excluding hydrogens is 839 g/mol. The summed E-state index contributed by atoms with van der Waals surface area (Å²) in [7, 11) is 2.99. The van der Waals surface area contributed by atoms with Crippen LogP contribution >= 0.6 is 0 Å². The lowest BCUT2D eigenvalue weighted by atomic mass is 9.95. The molecule has 1 atom stereocenters. The number of rotatable bonds is 20. The van der Waals surface area contributed by atoms with Crippen molar-refractivity contribution in [2.75, 3.05) is 83.0 Å². The van der Waals surface area contributed by atoms with Gasteiger partial charge in [0, 0.05) is 119 Å². The molecule has 1 aromatic heterocycles. The van der Waals surface area contributed by atoms with Crippen LogP contribution in [0.5, 0.6) is 5.75 Å². The van der Waals surface area contributed by atoms with Gasteiger partial charge < -0.3 is 44.6 Å². The number of hydrogen-bond donors (Lipinski definition) is 3. The second-order valence-corrected chi connectivity index (χ2v) is 17.2. The average molecular weight is 904 g/mol. The number of aldehydes is 2. The summed E-state index contributed by atoms with van der Waals surface area (Å²) in [5, 5.41) is 5.58. The van der Waals surface area contributed by atoms with Crippen molar-refractivity contribution >= 4 is 41.7 Å². The van der Waals surface area contributed by atoms with Crippen LogP contribution in [0.4, 0.5) is 11.4 Å². The maximum absolute atomic E-state index is 14.0. The van der Waals surface area contributed by atoms with Crippen molar-refractivity contribution in [3.8, 4) is 16.9 Å². The van der Waals surface area contributed by atoms with Crippen molar-refractivity contribution in [3.05, 3.63) is 110 Å². The first-order chi connectivity index (χ1) is 31.9. The number of aromatic amines is 1. The number of nitrogens with zero attached hydrogens (tertiary/aromatic N) is 4. The van der Waals surface area contributed by atoms with Gasteiger partial charge in [0.25, 0.3) is 17.4 Å². The highest BCUT2D eigenvalue weighted by atomic mass is 16.5. The van der Waals surface area contributed by atoms with Crippen LogP contribution in [0.2, 0.25) is 0 Å². The van der Waals surface area contributed by atoms with Crippen molar-refractivity contribution < 1.29 is 33.4 Å². The maximum atomic E-state index is 14.0. The lowest BCUT2D eigenvalue weighted by Crippen LogP contribution is -2.47. The number of piperazine rings is 1. The molecule has 2 fully saturated rings. The van der Waals surface area contributed by atoms with Gasteiger partial charge in [-0.2, -0.15) is 0 Å². The zero-order chi connectivity index (χ0) is 47.3. The molecule has 4 aromatic rings. The van der Waals surface area contributed by atoms with Gasteiger partial charge in [0.15, 0.2) is 6.29 Å². The highest BCUT2D eigenvalue weighted by Crippen LogP contribution is 2.35. The lowest BCUT2D eigenvalue weighted by molar-refractivity contribution is -0.125. The highest BCUT2D eigenvalue weighted by Gasteiger charge is 2.29. The van der Waals surface area contributed by atoms with E-state index in [0.717, 1.165) is 104 Å². The molecule has 3 N–H and O–H groups in total. The van der Waals surface area contributed by atoms with E-state index in [9.17, 15) is 28.8 Å². The summed E-state index contributed by atoms with van der Waals surface area (Å²) in [5.74, 6) is -0.314. The first kappa shape index (κ1) is 49.1. The Kier molecular flexibility index (Phi) is 17.3. The number of aromatic nitrogens is 1. The number of anilines is 2. The number of carbonyl (C=O) groups excluding carboxylic acids is 5. The van der Waals surface area contributed by atoms with Gasteiger partial charge in [0.2, 0.25) is 5.91 Å². The molecule has 3 amide bonds. The molecule has 3 heterocycles. The fourth-order valence-corrected chi connectivity index (χ4v) is 9.10. The van der Waals surface area contributed by atoms with E-state index in [1.165, 1.54) is 19.0 Å². The third-order valence-corrected chi connectivity index (χ3v) is 12.9. The third-order valence-electron chi connectivity index (χ3n) is 12.9. The Bertz CT molecular complexity index is 2400. The summed E-state index contributed by atoms with van der Waals surface area (Å²) >= 11 is 0. The molecule has 1 unspecified atom stereocenters. The molecule has 66 heavy (non-hydrogen) atoms. The largest absolute Gasteiger partial charge is 0.494 e. The molecule has 352 valence electrons. The molecule has 0 spiro atoms. The standard InChI is InChI=1S/C51H65N7O8/c1-7-58(40-17-26-65-27-18-40)47-31-38(30-44(36(47)4)48(61)53-32-45-34(2)28-35(3)54-49(45)62)37-11-14-42(15-12-37)66-25-9-19-56-20-22-57(23-21-56)41-13-16-43(39(29-41)33-60)51(64)55(6)46(10-8-24-59)50(63)52-5/h11-16,24,28-31,33,40,46H,7-10,17-23,25-27,32H2,1-6H3,(H,52,63)(H,53,61)(H,54,62). The molecule has 3 aromatic carbocycles. The number of amides is 3. The smallest absolute Gasteiger partial charge is 0.255 e. The first-order valence-electron chi connectivity index (χ1n) is 23.1. The van der Waals surface area contributed by atoms with Gasteiger partial charge in [-0.05, 0) is 124 Å². The van der Waals surface area contributed by atoms with Crippen LogP contribution in [0, 0.1) is 20.8 Å². The van der Waals surface area contributed by atoms with E-state index in [0.29, 0.717) is 49.6 Å². The van der Waals surface area contributed by atoms with Gasteiger partial charge in [0.1, 0.15) is 18.1 Å². The van der Waals surface area contributed by atoms with Crippen LogP contribution in [0.15, 0.2) is 65.5 Å². The van der Waals surface area contributed by atoms with Crippen LogP contribution in [0.1, 0.15) is 92.5 Å². The van der Waals surface area contributed by atoms with Gasteiger partial charge in [-0.3, -0.25) is 28.9 Å². The topological polar surface area (TPSA) is 174 Å². The van der Waals surface area contributed by atoms with E-state index in [1.54, 1.807) is 12.1 Å². The molecule has 2 aliphatic rings. The van der Waals surface area contributed by atoms with Crippen molar-refractivity contribution in [2.45, 2.75) is 78.4 Å². The molecule has 0 bridgehead atoms. The third kappa shape index (κ3) is 11.9. The minimum Gasteiger partial charge on any atom is -0.494 e. The summed E-state index contributed by atoms with van der Waals surface area (Å²) in [6.07, 6.45) is 4.34. The molecule has 0 aliphatic carbocycles. The molecule has 2 saturated heterocycles. The minimum absolute atomic E-state index is 0.121. The normalized spacial score (nSPS) is 14.8. The van der Waals surface area contributed by atoms with Gasteiger partial charge in [-0.25, -0.2) is 0 Å². The Morgan fingerprint density at radius 2 is 1.67 bits per heavy atom. The number of aryl methyl sites for hydroxylation is 2. The molecule has 15 nitrogen and oxygen atoms in total. The Hall–Kier alpha value is -6.32. The fourth-order valence-electron chi connectivity index (χ4n) is 9.10. The van der Waals surface area contributed by atoms with Gasteiger partial charge >= 0.3 is 0 Å². The van der Waals surface area contributed by atoms with Crippen LogP contribution in [0.25, 0.3) is 11.1 Å². The second-order valence-electron chi connectivity index (χ2n) is 17.2. The zero-order valence-electron chi connectivity index (χ0n) is 39.2. The van der Waals surface area contributed by atoms with Gasteiger partial charge in [-0.15, -0.1) is 0 Å². The molecule has 6 rings (SSSR count). The van der Waals surface area contributed by atoms with Gasteiger partial charge in [-0.1, -0.05) is 12.1 Å². The number of hydrogen-bond acceptors (Lipinski definition) is 11. The SMILES string of the molecule is CCN(c1cc(-c2ccc(OCCCN3CCN(c4ccc(C(=O)N(C)C(CCC=O)C(=O)NC)c(C=O)c4)CC3)cc2)cc(C(=O)NCc2c(C)cc(C)[nH]c2=O)c1C)C1CCOCC1. The van der Waals surface area contributed by atoms with Crippen molar-refractivity contribution in [1.82, 2.24) is 25.4 Å². The average Bonchev–Trinajstić information content (AvgIpc) is 3.33. The van der Waals surface area contributed by atoms with E-state index in [2.05, 4.69) is 43.3 Å². The lowest BCUT2D eigenvalue weighted by Gasteiger charge is -2.37. The molecule has 2 aliphatic heterocycles. The van der Waals surface area contributed by atoms with Crippen LogP contribution in [0.3, 0.4) is 0 Å². The van der Waals surface area contributed by atoms with E-state index < -0.39 is 11.9 Å². The van der Waals surface area contributed by atoms with E-state index in [4.69, 9.17) is 9.47 Å². The first-order valence-corrected chi connectivity index (χ1v) is 23.1. The van der Waals surface area contributed by atoms with Crippen LogP contribution in [-0.2, 0) is 20.9 Å². The number of likely N-dealkylation sites (N-methyl/N-ethyl adjacent to an activating group) is 2. The van der Waals surface area contributed by atoms with Crippen molar-refractivity contribution in [3.63, 3.8) is 0 Å². The Morgan fingerprint density at radius 1 is 0.939 bits per heavy atom. The number of nitrogens with one attached hydrogen (secondary N) is 3. The zero-order valence-corrected chi connectivity index (χ0v) is 39.2. The second kappa shape index (κ2) is 23.2. The quantitative estimate of drug-likeness (QED) is 0.0759. The summed E-state index contributed by atoms with van der Waals surface area (Å²) in [6, 6.07) is 18.7. The Balaban J connectivity index is 1.05. The minimum atomic E-state index is -0.837. The molecule has 0 saturated carbocycles. The number of ether oxygens (including phenoxy) is 2. The van der Waals surface area contributed by atoms with Crippen molar-refractivity contribution in [1.29, 1.82) is 0 Å². The molecule has 15 heteroatoms. The number of carbonyl (C=O) groups is 5. The van der Waals surface area contributed by atoms with E-state index in [-0.39, 0.29) is 47.9 Å². The highest BCUT2D eigenvalue weighted by molar-refractivity contribution is 6.04. The summed E-state index contributed by atoms with van der Waals surface area (Å²) in [5.41, 5.74) is 7.60. The predicted molar refractivity (Wildman–Crippen MR) is 257 cm³/mol. The van der Waals surface area contributed by atoms with Crippen LogP contribution in [-0.4, -0.2) is 130 Å². The predicted octanol–water partition coefficient (Wildman–Crippen LogP) is 5.47. The summed E-state index contributed by atoms with van der Waals surface area (Å²) in [6.45, 7) is 14.7. The monoisotopic (exact) mass is 903 g/mol. The summed E-state index contributed by atoms with van der Waals surface area (Å²) in [4.78, 5) is 86.9. The maximum Gasteiger partial charge on any atom is 0.255 e. The Labute approximate surface area is 387 Å². The van der Waals surface area contributed by atoms with Crippen molar-refractivity contribution in [2.24, 2.45) is 0 Å². The fraction of sp³-hybridized carbons (Fsp3) is 0.451. The number of benzene rings is 3. The van der Waals surface area contributed by atoms with Gasteiger partial charge in [0.05, 0.1) is 12.2 Å².